The molecule has 6 heteroatoms. The summed E-state index contributed by atoms with van der Waals surface area (Å²) in [6.45, 7) is 4.31. The van der Waals surface area contributed by atoms with E-state index in [0.29, 0.717) is 5.75 Å². The molecule has 1 amide bonds. The van der Waals surface area contributed by atoms with Gasteiger partial charge in [0, 0.05) is 7.11 Å². The maximum atomic E-state index is 12.9. The van der Waals surface area contributed by atoms with Gasteiger partial charge in [0.15, 0.2) is 6.23 Å². The Balaban J connectivity index is 1.94. The van der Waals surface area contributed by atoms with E-state index in [1.165, 1.54) is 4.90 Å². The summed E-state index contributed by atoms with van der Waals surface area (Å²) >= 11 is 0. The van der Waals surface area contributed by atoms with Crippen LogP contribution in [0.15, 0.2) is 91.5 Å². The van der Waals surface area contributed by atoms with Crippen molar-refractivity contribution in [1.29, 1.82) is 0 Å². The molecular weight excluding hydrogens is 418 g/mol. The topological polar surface area (TPSA) is 68.2 Å². The zero-order valence-electron chi connectivity index (χ0n) is 18.7. The lowest BCUT2D eigenvalue weighted by Crippen LogP contribution is -2.60. The average Bonchev–Trinajstić information content (AvgIpc) is 2.86. The molecule has 0 spiro atoms. The summed E-state index contributed by atoms with van der Waals surface area (Å²) in [6, 6.07) is 24.7. The van der Waals surface area contributed by atoms with Crippen molar-refractivity contribution in [2.45, 2.75) is 24.5 Å². The van der Waals surface area contributed by atoms with Gasteiger partial charge in [-0.2, -0.15) is 0 Å². The molecule has 0 saturated heterocycles. The highest BCUT2D eigenvalue weighted by molar-refractivity contribution is 5.71. The molecule has 0 aliphatic carbocycles. The van der Waals surface area contributed by atoms with Gasteiger partial charge in [-0.1, -0.05) is 72.8 Å². The van der Waals surface area contributed by atoms with Crippen molar-refractivity contribution in [3.05, 3.63) is 114 Å². The summed E-state index contributed by atoms with van der Waals surface area (Å²) < 4.78 is 17.6. The van der Waals surface area contributed by atoms with Gasteiger partial charge in [0.25, 0.3) is 0 Å². The van der Waals surface area contributed by atoms with E-state index in [1.54, 1.807) is 20.3 Å². The number of carbonyl (C=O) groups is 1. The van der Waals surface area contributed by atoms with Crippen LogP contribution in [-0.4, -0.2) is 36.5 Å². The minimum atomic E-state index is -1.21. The maximum absolute atomic E-state index is 12.9. The second kappa shape index (κ2) is 9.48. The predicted molar refractivity (Wildman–Crippen MR) is 125 cm³/mol. The minimum absolute atomic E-state index is 0.225. The fourth-order valence-electron chi connectivity index (χ4n) is 4.59. The Morgan fingerprint density at radius 3 is 2.30 bits per heavy atom. The lowest BCUT2D eigenvalue weighted by molar-refractivity contribution is -0.161. The molecule has 1 aliphatic rings. The Hall–Kier alpha value is -3.61. The smallest absolute Gasteiger partial charge is 0.410 e. The Bertz CT molecular complexity index is 1120. The first-order chi connectivity index (χ1) is 16.1. The number of hydrogen-bond donors (Lipinski definition) is 1. The number of rotatable bonds is 7. The minimum Gasteiger partial charge on any atom is -0.497 e. The maximum Gasteiger partial charge on any atom is 0.410 e. The van der Waals surface area contributed by atoms with E-state index < -0.39 is 24.0 Å². The monoisotopic (exact) mass is 445 g/mol. The molecule has 0 bridgehead atoms. The van der Waals surface area contributed by atoms with Gasteiger partial charge in [-0.25, -0.2) is 4.79 Å². The third-order valence-electron chi connectivity index (χ3n) is 6.10. The Labute approximate surface area is 193 Å². The summed E-state index contributed by atoms with van der Waals surface area (Å²) in [5.74, 6) is 0.611. The molecule has 3 unspecified atom stereocenters. The average molecular weight is 446 g/mol. The first kappa shape index (κ1) is 22.6. The largest absolute Gasteiger partial charge is 0.497 e. The SMILES string of the molecule is C=CC1(c2ccccc2)c2cc(OC)ccc2C(OC)C(OCc2ccccc2)N1C(=O)O. The number of hydrogen-bond acceptors (Lipinski definition) is 4. The number of nitrogens with zero attached hydrogens (tertiary/aromatic N) is 1. The van der Waals surface area contributed by atoms with Crippen LogP contribution in [0, 0.1) is 0 Å². The highest BCUT2D eigenvalue weighted by Gasteiger charge is 2.53. The van der Waals surface area contributed by atoms with Gasteiger partial charge in [-0.05, 0) is 34.4 Å². The van der Waals surface area contributed by atoms with Gasteiger partial charge in [-0.15, -0.1) is 6.58 Å². The van der Waals surface area contributed by atoms with Crippen LogP contribution >= 0.6 is 0 Å². The molecule has 4 rings (SSSR count). The van der Waals surface area contributed by atoms with Crippen molar-refractivity contribution in [3.8, 4) is 5.75 Å². The molecule has 170 valence electrons. The lowest BCUT2D eigenvalue weighted by atomic mass is 9.74. The van der Waals surface area contributed by atoms with Crippen LogP contribution in [0.3, 0.4) is 0 Å². The zero-order chi connectivity index (χ0) is 23.4. The van der Waals surface area contributed by atoms with E-state index in [0.717, 1.165) is 22.3 Å². The van der Waals surface area contributed by atoms with E-state index in [2.05, 4.69) is 6.58 Å². The molecule has 1 aliphatic heterocycles. The summed E-state index contributed by atoms with van der Waals surface area (Å²) in [5, 5.41) is 10.5. The van der Waals surface area contributed by atoms with Crippen molar-refractivity contribution in [1.82, 2.24) is 4.90 Å². The van der Waals surface area contributed by atoms with Gasteiger partial charge in [-0.3, -0.25) is 4.90 Å². The van der Waals surface area contributed by atoms with E-state index >= 15 is 0 Å². The van der Waals surface area contributed by atoms with E-state index in [4.69, 9.17) is 14.2 Å². The van der Waals surface area contributed by atoms with E-state index in [-0.39, 0.29) is 6.61 Å². The Morgan fingerprint density at radius 2 is 1.73 bits per heavy atom. The van der Waals surface area contributed by atoms with Crippen molar-refractivity contribution in [2.75, 3.05) is 14.2 Å². The summed E-state index contributed by atoms with van der Waals surface area (Å²) in [5.41, 5.74) is 2.00. The first-order valence-corrected chi connectivity index (χ1v) is 10.6. The van der Waals surface area contributed by atoms with Crippen LogP contribution in [0.1, 0.15) is 28.4 Å². The number of amides is 1. The predicted octanol–water partition coefficient (Wildman–Crippen LogP) is 5.35. The third-order valence-corrected chi connectivity index (χ3v) is 6.10. The quantitative estimate of drug-likeness (QED) is 0.497. The second-order valence-corrected chi connectivity index (χ2v) is 7.79. The fraction of sp³-hybridized carbons (Fsp3) is 0.222. The highest BCUT2D eigenvalue weighted by Crippen LogP contribution is 2.50. The molecule has 3 atom stereocenters. The standard InChI is InChI=1S/C27H27NO5/c1-4-27(20-13-9-6-10-14-20)23-17-21(31-2)15-16-22(23)24(32-3)25(28(27)26(29)30)33-18-19-11-7-5-8-12-19/h4-17,24-25H,1,18H2,2-3H3,(H,29,30). The third kappa shape index (κ3) is 3.88. The zero-order valence-corrected chi connectivity index (χ0v) is 18.7. The molecule has 0 fully saturated rings. The van der Waals surface area contributed by atoms with Gasteiger partial charge in [0.1, 0.15) is 17.4 Å². The van der Waals surface area contributed by atoms with Crippen LogP contribution in [0.5, 0.6) is 5.75 Å². The van der Waals surface area contributed by atoms with Crippen LogP contribution in [-0.2, 0) is 21.6 Å². The van der Waals surface area contributed by atoms with Crippen molar-refractivity contribution in [2.24, 2.45) is 0 Å². The lowest BCUT2D eigenvalue weighted by Gasteiger charge is -2.51. The molecule has 0 saturated carbocycles. The van der Waals surface area contributed by atoms with E-state index in [9.17, 15) is 9.90 Å². The number of benzene rings is 3. The van der Waals surface area contributed by atoms with Crippen LogP contribution in [0.4, 0.5) is 4.79 Å². The van der Waals surface area contributed by atoms with Gasteiger partial charge in [0.2, 0.25) is 0 Å². The summed E-state index contributed by atoms with van der Waals surface area (Å²) in [6.07, 6.45) is -1.07. The van der Waals surface area contributed by atoms with Crippen molar-refractivity contribution in [3.63, 3.8) is 0 Å². The number of methoxy groups -OCH3 is 2. The Kier molecular flexibility index (Phi) is 6.49. The molecule has 33 heavy (non-hydrogen) atoms. The number of ether oxygens (including phenoxy) is 3. The number of fused-ring (bicyclic) bond motifs is 1. The molecule has 0 aromatic heterocycles. The van der Waals surface area contributed by atoms with Gasteiger partial charge in [0.05, 0.1) is 13.7 Å². The molecule has 3 aromatic rings. The van der Waals surface area contributed by atoms with Crippen LogP contribution < -0.4 is 4.74 Å². The highest BCUT2D eigenvalue weighted by atomic mass is 16.6. The van der Waals surface area contributed by atoms with Crippen molar-refractivity contribution >= 4 is 6.09 Å². The van der Waals surface area contributed by atoms with Gasteiger partial charge < -0.3 is 19.3 Å². The number of carboxylic acid groups (broad SMARTS) is 1. The fourth-order valence-corrected chi connectivity index (χ4v) is 4.59. The van der Waals surface area contributed by atoms with E-state index in [1.807, 2.05) is 78.9 Å². The van der Waals surface area contributed by atoms with Gasteiger partial charge >= 0.3 is 6.09 Å². The molecule has 1 heterocycles. The molecular formula is C27H27NO5. The molecule has 0 radical (unpaired) electrons. The molecule has 1 N–H and O–H groups in total. The molecule has 3 aromatic carbocycles. The molecule has 6 nitrogen and oxygen atoms in total. The normalized spacial score (nSPS) is 21.8. The summed E-state index contributed by atoms with van der Waals surface area (Å²) in [4.78, 5) is 14.2. The Morgan fingerprint density at radius 1 is 1.06 bits per heavy atom. The summed E-state index contributed by atoms with van der Waals surface area (Å²) in [7, 11) is 3.14. The second-order valence-electron chi connectivity index (χ2n) is 7.79. The van der Waals surface area contributed by atoms with Crippen LogP contribution in [0.2, 0.25) is 0 Å². The van der Waals surface area contributed by atoms with Crippen LogP contribution in [0.25, 0.3) is 0 Å². The van der Waals surface area contributed by atoms with Crippen molar-refractivity contribution < 1.29 is 24.1 Å². The first-order valence-electron chi connectivity index (χ1n) is 10.6.